The van der Waals surface area contributed by atoms with Crippen molar-refractivity contribution in [2.24, 2.45) is 0 Å². The molecule has 140 valence electrons. The Hall–Kier alpha value is -2.71. The van der Waals surface area contributed by atoms with E-state index in [4.69, 9.17) is 16.0 Å². The van der Waals surface area contributed by atoms with Crippen molar-refractivity contribution in [1.82, 2.24) is 10.2 Å². The third kappa shape index (κ3) is 4.93. The van der Waals surface area contributed by atoms with Crippen LogP contribution in [0.15, 0.2) is 57.8 Å². The first kappa shape index (κ1) is 19.1. The normalized spacial score (nSPS) is 11.3. The molecule has 9 heteroatoms. The summed E-state index contributed by atoms with van der Waals surface area (Å²) in [6, 6.07) is 13.1. The molecule has 2 aromatic carbocycles. The van der Waals surface area contributed by atoms with E-state index in [0.717, 1.165) is 5.56 Å². The van der Waals surface area contributed by atoms with Gasteiger partial charge in [-0.15, -0.1) is 5.10 Å². The fraction of sp³-hybridized carbons (Fsp3) is 0.167. The number of anilines is 1. The zero-order chi connectivity index (χ0) is 19.4. The van der Waals surface area contributed by atoms with Crippen molar-refractivity contribution < 1.29 is 17.6 Å². The molecule has 0 spiro atoms. The molecule has 1 N–H and O–H groups in total. The van der Waals surface area contributed by atoms with E-state index in [1.165, 1.54) is 12.1 Å². The third-order valence-corrected chi connectivity index (χ3v) is 5.72. The van der Waals surface area contributed by atoms with Gasteiger partial charge < -0.3 is 4.42 Å². The number of benzene rings is 2. The molecule has 0 aliphatic carbocycles. The molecule has 0 aliphatic rings. The molecule has 1 aromatic heterocycles. The second-order valence-corrected chi connectivity index (χ2v) is 8.39. The number of aryl methyl sites for hydroxylation is 1. The number of amides is 1. The van der Waals surface area contributed by atoms with Crippen molar-refractivity contribution in [2.45, 2.75) is 18.2 Å². The van der Waals surface area contributed by atoms with Gasteiger partial charge in [0.05, 0.1) is 10.6 Å². The van der Waals surface area contributed by atoms with Gasteiger partial charge in [-0.1, -0.05) is 34.4 Å². The quantitative estimate of drug-likeness (QED) is 0.673. The molecule has 3 aromatic rings. The maximum absolute atomic E-state index is 12.3. The van der Waals surface area contributed by atoms with Crippen LogP contribution in [-0.4, -0.2) is 30.3 Å². The molecule has 0 saturated heterocycles. The summed E-state index contributed by atoms with van der Waals surface area (Å²) >= 11 is 5.82. The van der Waals surface area contributed by atoms with E-state index in [1.54, 1.807) is 36.4 Å². The van der Waals surface area contributed by atoms with Gasteiger partial charge in [-0.3, -0.25) is 10.1 Å². The van der Waals surface area contributed by atoms with Crippen molar-refractivity contribution >= 4 is 33.4 Å². The standard InChI is InChI=1S/C18H16ClN3O4S/c1-12-2-8-15(9-3-12)27(24,25)11-10-16(23)20-18-22-21-17(26-18)13-4-6-14(19)7-5-13/h2-9H,10-11H2,1H3,(H,20,22,23). The summed E-state index contributed by atoms with van der Waals surface area (Å²) < 4.78 is 29.9. The van der Waals surface area contributed by atoms with Crippen molar-refractivity contribution in [2.75, 3.05) is 11.1 Å². The molecule has 0 aliphatic heterocycles. The summed E-state index contributed by atoms with van der Waals surface area (Å²) in [5.41, 5.74) is 1.61. The molecule has 7 nitrogen and oxygen atoms in total. The van der Waals surface area contributed by atoms with Gasteiger partial charge in [0.2, 0.25) is 11.8 Å². The number of hydrogen-bond acceptors (Lipinski definition) is 6. The molecule has 0 bridgehead atoms. The first-order valence-corrected chi connectivity index (χ1v) is 10.1. The molecule has 0 saturated carbocycles. The number of nitrogens with one attached hydrogen (secondary N) is 1. The van der Waals surface area contributed by atoms with Crippen LogP contribution in [-0.2, 0) is 14.6 Å². The zero-order valence-corrected chi connectivity index (χ0v) is 15.9. The van der Waals surface area contributed by atoms with Crippen LogP contribution < -0.4 is 5.32 Å². The first-order chi connectivity index (χ1) is 12.8. The van der Waals surface area contributed by atoms with Crippen LogP contribution in [0.4, 0.5) is 6.01 Å². The fourth-order valence-corrected chi connectivity index (χ4v) is 3.62. The van der Waals surface area contributed by atoms with E-state index in [-0.39, 0.29) is 29.0 Å². The molecule has 0 atom stereocenters. The maximum atomic E-state index is 12.3. The molecular weight excluding hydrogens is 390 g/mol. The van der Waals surface area contributed by atoms with Gasteiger partial charge >= 0.3 is 6.01 Å². The molecule has 0 fully saturated rings. The summed E-state index contributed by atoms with van der Waals surface area (Å²) in [6.07, 6.45) is -0.227. The SMILES string of the molecule is Cc1ccc(S(=O)(=O)CCC(=O)Nc2nnc(-c3ccc(Cl)cc3)o2)cc1. The Morgan fingerprint density at radius 1 is 1.07 bits per heavy atom. The van der Waals surface area contributed by atoms with Crippen LogP contribution in [0.25, 0.3) is 11.5 Å². The van der Waals surface area contributed by atoms with E-state index in [2.05, 4.69) is 15.5 Å². The van der Waals surface area contributed by atoms with Crippen LogP contribution >= 0.6 is 11.6 Å². The number of hydrogen-bond donors (Lipinski definition) is 1. The summed E-state index contributed by atoms with van der Waals surface area (Å²) in [5, 5.41) is 10.6. The molecule has 3 rings (SSSR count). The van der Waals surface area contributed by atoms with Gasteiger partial charge in [-0.05, 0) is 43.3 Å². The lowest BCUT2D eigenvalue weighted by molar-refractivity contribution is -0.115. The van der Waals surface area contributed by atoms with Gasteiger partial charge in [0.15, 0.2) is 9.84 Å². The maximum Gasteiger partial charge on any atom is 0.322 e. The molecule has 27 heavy (non-hydrogen) atoms. The molecule has 1 amide bonds. The highest BCUT2D eigenvalue weighted by molar-refractivity contribution is 7.91. The summed E-state index contributed by atoms with van der Waals surface area (Å²) in [5.74, 6) is -0.633. The fourth-order valence-electron chi connectivity index (χ4n) is 2.26. The predicted molar refractivity (Wildman–Crippen MR) is 101 cm³/mol. The molecule has 1 heterocycles. The molecule has 0 unspecified atom stereocenters. The monoisotopic (exact) mass is 405 g/mol. The van der Waals surface area contributed by atoms with E-state index < -0.39 is 15.7 Å². The minimum absolute atomic E-state index is 0.0994. The number of aromatic nitrogens is 2. The minimum Gasteiger partial charge on any atom is -0.403 e. The average Bonchev–Trinajstić information content (AvgIpc) is 3.09. The number of carbonyl (C=O) groups excluding carboxylic acids is 1. The number of rotatable bonds is 6. The first-order valence-electron chi connectivity index (χ1n) is 8.02. The van der Waals surface area contributed by atoms with E-state index in [1.807, 2.05) is 6.92 Å². The second kappa shape index (κ2) is 7.89. The zero-order valence-electron chi connectivity index (χ0n) is 14.3. The minimum atomic E-state index is -3.55. The smallest absolute Gasteiger partial charge is 0.322 e. The topological polar surface area (TPSA) is 102 Å². The van der Waals surface area contributed by atoms with Gasteiger partial charge in [0.1, 0.15) is 0 Å². The third-order valence-electron chi connectivity index (χ3n) is 3.74. The van der Waals surface area contributed by atoms with E-state index >= 15 is 0 Å². The van der Waals surface area contributed by atoms with Crippen LogP contribution in [0.1, 0.15) is 12.0 Å². The Morgan fingerprint density at radius 2 is 1.74 bits per heavy atom. The summed E-state index contributed by atoms with van der Waals surface area (Å²) in [7, 11) is -3.55. The Labute approximate surface area is 161 Å². The largest absolute Gasteiger partial charge is 0.403 e. The van der Waals surface area contributed by atoms with Crippen molar-refractivity contribution in [1.29, 1.82) is 0 Å². The number of carbonyl (C=O) groups is 1. The Bertz CT molecular complexity index is 1040. The van der Waals surface area contributed by atoms with Gasteiger partial charge in [-0.25, -0.2) is 8.42 Å². The van der Waals surface area contributed by atoms with Crippen LogP contribution in [0.5, 0.6) is 0 Å². The lowest BCUT2D eigenvalue weighted by Gasteiger charge is -2.04. The van der Waals surface area contributed by atoms with E-state index in [9.17, 15) is 13.2 Å². The lowest BCUT2D eigenvalue weighted by atomic mass is 10.2. The van der Waals surface area contributed by atoms with Crippen molar-refractivity contribution in [3.05, 3.63) is 59.1 Å². The van der Waals surface area contributed by atoms with Crippen LogP contribution in [0.2, 0.25) is 5.02 Å². The van der Waals surface area contributed by atoms with Crippen LogP contribution in [0.3, 0.4) is 0 Å². The Kier molecular flexibility index (Phi) is 5.57. The predicted octanol–water partition coefficient (Wildman–Crippen LogP) is 3.50. The Balaban J connectivity index is 1.59. The lowest BCUT2D eigenvalue weighted by Crippen LogP contribution is -2.17. The highest BCUT2D eigenvalue weighted by Crippen LogP contribution is 2.22. The molecule has 0 radical (unpaired) electrons. The van der Waals surface area contributed by atoms with Gasteiger partial charge in [0.25, 0.3) is 0 Å². The Morgan fingerprint density at radius 3 is 2.41 bits per heavy atom. The average molecular weight is 406 g/mol. The summed E-state index contributed by atoms with van der Waals surface area (Å²) in [4.78, 5) is 12.2. The van der Waals surface area contributed by atoms with Crippen LogP contribution in [0, 0.1) is 6.92 Å². The highest BCUT2D eigenvalue weighted by atomic mass is 35.5. The number of sulfone groups is 1. The highest BCUT2D eigenvalue weighted by Gasteiger charge is 2.18. The number of halogens is 1. The summed E-state index contributed by atoms with van der Waals surface area (Å²) in [6.45, 7) is 1.87. The van der Waals surface area contributed by atoms with Gasteiger partial charge in [-0.2, -0.15) is 0 Å². The second-order valence-electron chi connectivity index (χ2n) is 5.85. The van der Waals surface area contributed by atoms with Crippen molar-refractivity contribution in [3.63, 3.8) is 0 Å². The van der Waals surface area contributed by atoms with E-state index in [0.29, 0.717) is 10.6 Å². The van der Waals surface area contributed by atoms with Gasteiger partial charge in [0, 0.05) is 17.0 Å². The number of nitrogens with zero attached hydrogens (tertiary/aromatic N) is 2. The molecular formula is C18H16ClN3O4S. The van der Waals surface area contributed by atoms with Crippen molar-refractivity contribution in [3.8, 4) is 11.5 Å².